The van der Waals surface area contributed by atoms with E-state index in [4.69, 9.17) is 5.11 Å². The maximum absolute atomic E-state index is 12.1. The van der Waals surface area contributed by atoms with Crippen LogP contribution in [-0.2, 0) is 11.3 Å². The quantitative estimate of drug-likeness (QED) is 0.879. The molecule has 0 fully saturated rings. The molecule has 0 aliphatic rings. The molecule has 0 atom stereocenters. The molecule has 1 aromatic carbocycles. The van der Waals surface area contributed by atoms with E-state index in [0.717, 1.165) is 0 Å². The number of aromatic nitrogens is 3. The first-order chi connectivity index (χ1) is 9.59. The maximum atomic E-state index is 12.1. The van der Waals surface area contributed by atoms with Gasteiger partial charge in [-0.3, -0.25) is 9.48 Å². The number of aromatic carboxylic acids is 1. The highest BCUT2D eigenvalue weighted by atomic mass is 16.4. The molecular weight excluding hydrogens is 260 g/mol. The van der Waals surface area contributed by atoms with Gasteiger partial charge in [-0.15, -0.1) is 0 Å². The summed E-state index contributed by atoms with van der Waals surface area (Å²) in [5, 5.41) is 13.0. The van der Waals surface area contributed by atoms with Crippen molar-refractivity contribution in [1.82, 2.24) is 14.8 Å². The second-order valence-electron chi connectivity index (χ2n) is 4.18. The fraction of sp³-hybridized carbons (Fsp3) is 0.231. The molecule has 0 radical (unpaired) electrons. The lowest BCUT2D eigenvalue weighted by atomic mass is 10.1. The van der Waals surface area contributed by atoms with Crippen molar-refractivity contribution < 1.29 is 14.7 Å². The van der Waals surface area contributed by atoms with Gasteiger partial charge in [0.05, 0.1) is 17.8 Å². The second-order valence-corrected chi connectivity index (χ2v) is 4.18. The molecule has 1 amide bonds. The summed E-state index contributed by atoms with van der Waals surface area (Å²) in [5.74, 6) is -1.24. The number of para-hydroxylation sites is 1. The van der Waals surface area contributed by atoms with Gasteiger partial charge in [-0.05, 0) is 12.1 Å². The normalized spacial score (nSPS) is 10.2. The molecule has 1 N–H and O–H groups in total. The SMILES string of the molecule is CN(C(=O)CCn1cncn1)c1ccccc1C(=O)O. The number of hydrogen-bond acceptors (Lipinski definition) is 4. The number of carboxylic acid groups (broad SMARTS) is 1. The molecule has 7 heteroatoms. The van der Waals surface area contributed by atoms with Gasteiger partial charge in [-0.25, -0.2) is 9.78 Å². The Morgan fingerprint density at radius 3 is 2.75 bits per heavy atom. The van der Waals surface area contributed by atoms with Crippen LogP contribution in [0.5, 0.6) is 0 Å². The molecular formula is C13H14N4O3. The van der Waals surface area contributed by atoms with Gasteiger partial charge in [0.1, 0.15) is 12.7 Å². The number of carbonyl (C=O) groups excluding carboxylic acids is 1. The summed E-state index contributed by atoms with van der Waals surface area (Å²) in [5.41, 5.74) is 0.479. The zero-order valence-corrected chi connectivity index (χ0v) is 10.9. The van der Waals surface area contributed by atoms with Crippen LogP contribution in [0.25, 0.3) is 0 Å². The van der Waals surface area contributed by atoms with Crippen molar-refractivity contribution in [3.05, 3.63) is 42.5 Å². The third-order valence-electron chi connectivity index (χ3n) is 2.89. The van der Waals surface area contributed by atoms with E-state index in [1.807, 2.05) is 0 Å². The fourth-order valence-corrected chi connectivity index (χ4v) is 1.81. The van der Waals surface area contributed by atoms with Crippen molar-refractivity contribution in [1.29, 1.82) is 0 Å². The highest BCUT2D eigenvalue weighted by Gasteiger charge is 2.17. The molecule has 0 aliphatic heterocycles. The Balaban J connectivity index is 2.08. The summed E-state index contributed by atoms with van der Waals surface area (Å²) >= 11 is 0. The summed E-state index contributed by atoms with van der Waals surface area (Å²) < 4.78 is 1.55. The lowest BCUT2D eigenvalue weighted by Gasteiger charge is -2.19. The van der Waals surface area contributed by atoms with Crippen LogP contribution in [0.15, 0.2) is 36.9 Å². The number of rotatable bonds is 5. The topological polar surface area (TPSA) is 88.3 Å². The maximum Gasteiger partial charge on any atom is 0.337 e. The minimum Gasteiger partial charge on any atom is -0.478 e. The van der Waals surface area contributed by atoms with Crippen molar-refractivity contribution in [2.45, 2.75) is 13.0 Å². The summed E-state index contributed by atoms with van der Waals surface area (Å²) in [6.07, 6.45) is 3.14. The van der Waals surface area contributed by atoms with Crippen molar-refractivity contribution >= 4 is 17.6 Å². The average Bonchev–Trinajstić information content (AvgIpc) is 2.97. The smallest absolute Gasteiger partial charge is 0.337 e. The van der Waals surface area contributed by atoms with Crippen molar-refractivity contribution in [3.63, 3.8) is 0 Å². The van der Waals surface area contributed by atoms with E-state index in [-0.39, 0.29) is 17.9 Å². The highest BCUT2D eigenvalue weighted by molar-refractivity contribution is 6.01. The van der Waals surface area contributed by atoms with Gasteiger partial charge in [0.25, 0.3) is 0 Å². The number of aryl methyl sites for hydroxylation is 1. The lowest BCUT2D eigenvalue weighted by molar-refractivity contribution is -0.118. The summed E-state index contributed by atoms with van der Waals surface area (Å²) in [7, 11) is 1.56. The molecule has 1 aromatic heterocycles. The molecule has 0 saturated carbocycles. The van der Waals surface area contributed by atoms with Gasteiger partial charge in [0, 0.05) is 13.5 Å². The number of carboxylic acids is 1. The molecule has 7 nitrogen and oxygen atoms in total. The molecule has 104 valence electrons. The molecule has 0 bridgehead atoms. The van der Waals surface area contributed by atoms with E-state index >= 15 is 0 Å². The van der Waals surface area contributed by atoms with Gasteiger partial charge < -0.3 is 10.0 Å². The number of anilines is 1. The Kier molecular flexibility index (Phi) is 4.09. The number of hydrogen-bond donors (Lipinski definition) is 1. The van der Waals surface area contributed by atoms with E-state index in [1.165, 1.54) is 23.6 Å². The third kappa shape index (κ3) is 3.00. The predicted molar refractivity (Wildman–Crippen MR) is 71.5 cm³/mol. The average molecular weight is 274 g/mol. The van der Waals surface area contributed by atoms with Crippen LogP contribution < -0.4 is 4.90 Å². The van der Waals surface area contributed by atoms with E-state index in [9.17, 15) is 9.59 Å². The van der Waals surface area contributed by atoms with E-state index in [2.05, 4.69) is 10.1 Å². The van der Waals surface area contributed by atoms with Crippen molar-refractivity contribution in [3.8, 4) is 0 Å². The number of nitrogens with zero attached hydrogens (tertiary/aromatic N) is 4. The van der Waals surface area contributed by atoms with Crippen LogP contribution in [-0.4, -0.2) is 38.8 Å². The summed E-state index contributed by atoms with van der Waals surface area (Å²) in [6, 6.07) is 6.40. The van der Waals surface area contributed by atoms with Crippen LogP contribution in [0.1, 0.15) is 16.8 Å². The number of amides is 1. The van der Waals surface area contributed by atoms with E-state index in [0.29, 0.717) is 12.2 Å². The molecule has 1 heterocycles. The monoisotopic (exact) mass is 274 g/mol. The third-order valence-corrected chi connectivity index (χ3v) is 2.89. The Bertz CT molecular complexity index is 610. The van der Waals surface area contributed by atoms with E-state index < -0.39 is 5.97 Å². The second kappa shape index (κ2) is 5.96. The first kappa shape index (κ1) is 13.7. The summed E-state index contributed by atoms with van der Waals surface area (Å²) in [6.45, 7) is 0.401. The Labute approximate surface area is 115 Å². The van der Waals surface area contributed by atoms with Gasteiger partial charge >= 0.3 is 5.97 Å². The minimum atomic E-state index is -1.06. The van der Waals surface area contributed by atoms with Crippen LogP contribution in [0.2, 0.25) is 0 Å². The lowest BCUT2D eigenvalue weighted by Crippen LogP contribution is -2.28. The van der Waals surface area contributed by atoms with Crippen molar-refractivity contribution in [2.24, 2.45) is 0 Å². The Morgan fingerprint density at radius 2 is 2.10 bits per heavy atom. The standard InChI is InChI=1S/C13H14N4O3/c1-16(11-5-3-2-4-10(11)13(19)20)12(18)6-7-17-9-14-8-15-17/h2-5,8-9H,6-7H2,1H3,(H,19,20). The van der Waals surface area contributed by atoms with Gasteiger partial charge in [0.15, 0.2) is 0 Å². The number of carbonyl (C=O) groups is 2. The largest absolute Gasteiger partial charge is 0.478 e. The van der Waals surface area contributed by atoms with Crippen LogP contribution in [0, 0.1) is 0 Å². The molecule has 0 spiro atoms. The molecule has 2 aromatic rings. The predicted octanol–water partition coefficient (Wildman–Crippen LogP) is 1.03. The van der Waals surface area contributed by atoms with Gasteiger partial charge in [-0.1, -0.05) is 12.1 Å². The minimum absolute atomic E-state index is 0.101. The molecule has 0 unspecified atom stereocenters. The zero-order chi connectivity index (χ0) is 14.5. The fourth-order valence-electron chi connectivity index (χ4n) is 1.81. The Morgan fingerprint density at radius 1 is 1.35 bits per heavy atom. The van der Waals surface area contributed by atoms with Crippen LogP contribution in [0.4, 0.5) is 5.69 Å². The van der Waals surface area contributed by atoms with Crippen LogP contribution in [0.3, 0.4) is 0 Å². The first-order valence-electron chi connectivity index (χ1n) is 6.01. The molecule has 20 heavy (non-hydrogen) atoms. The van der Waals surface area contributed by atoms with Crippen LogP contribution >= 0.6 is 0 Å². The van der Waals surface area contributed by atoms with Gasteiger partial charge in [0.2, 0.25) is 5.91 Å². The van der Waals surface area contributed by atoms with Gasteiger partial charge in [-0.2, -0.15) is 5.10 Å². The summed E-state index contributed by atoms with van der Waals surface area (Å²) in [4.78, 5) is 28.4. The molecule has 0 aliphatic carbocycles. The van der Waals surface area contributed by atoms with E-state index in [1.54, 1.807) is 29.9 Å². The highest BCUT2D eigenvalue weighted by Crippen LogP contribution is 2.19. The zero-order valence-electron chi connectivity index (χ0n) is 10.9. The number of benzene rings is 1. The van der Waals surface area contributed by atoms with Crippen molar-refractivity contribution in [2.75, 3.05) is 11.9 Å². The first-order valence-corrected chi connectivity index (χ1v) is 6.01. The Hall–Kier alpha value is -2.70. The molecule has 0 saturated heterocycles. The molecule has 2 rings (SSSR count).